The first kappa shape index (κ1) is 13.9. The summed E-state index contributed by atoms with van der Waals surface area (Å²) >= 11 is 1.41. The Morgan fingerprint density at radius 2 is 2.42 bits per heavy atom. The lowest BCUT2D eigenvalue weighted by Gasteiger charge is -2.27. The summed E-state index contributed by atoms with van der Waals surface area (Å²) < 4.78 is 0. The molecule has 19 heavy (non-hydrogen) atoms. The van der Waals surface area contributed by atoms with Crippen molar-refractivity contribution in [1.82, 2.24) is 10.3 Å². The van der Waals surface area contributed by atoms with Crippen molar-refractivity contribution in [3.05, 3.63) is 18.3 Å². The first-order chi connectivity index (χ1) is 9.11. The average molecular weight is 279 g/mol. The van der Waals surface area contributed by atoms with Crippen LogP contribution in [0.15, 0.2) is 23.4 Å². The molecule has 1 N–H and O–H groups in total. The van der Waals surface area contributed by atoms with E-state index in [-0.39, 0.29) is 24.4 Å². The quantitative estimate of drug-likeness (QED) is 0.906. The van der Waals surface area contributed by atoms with Crippen LogP contribution in [-0.4, -0.2) is 35.1 Å². The maximum absolute atomic E-state index is 11.9. The predicted octanol–water partition coefficient (Wildman–Crippen LogP) is 1.43. The highest BCUT2D eigenvalue weighted by atomic mass is 32.2. The highest BCUT2D eigenvalue weighted by Gasteiger charge is 2.27. The van der Waals surface area contributed by atoms with Crippen LogP contribution < -0.4 is 10.2 Å². The van der Waals surface area contributed by atoms with E-state index in [2.05, 4.69) is 10.3 Å². The number of anilines is 1. The number of hydrogen-bond donors (Lipinski definition) is 1. The van der Waals surface area contributed by atoms with Crippen molar-refractivity contribution in [1.29, 1.82) is 0 Å². The molecule has 0 saturated carbocycles. The fourth-order valence-corrected chi connectivity index (χ4v) is 2.66. The van der Waals surface area contributed by atoms with Gasteiger partial charge in [-0.05, 0) is 25.5 Å². The van der Waals surface area contributed by atoms with E-state index in [0.29, 0.717) is 5.75 Å². The molecule has 1 aromatic heterocycles. The first-order valence-corrected chi connectivity index (χ1v) is 7.28. The number of nitrogens with one attached hydrogen (secondary N) is 1. The number of amides is 2. The van der Waals surface area contributed by atoms with Gasteiger partial charge in [-0.25, -0.2) is 4.98 Å². The normalized spacial score (nSPS) is 15.9. The largest absolute Gasteiger partial charge is 0.352 e. The van der Waals surface area contributed by atoms with Crippen LogP contribution in [-0.2, 0) is 9.59 Å². The van der Waals surface area contributed by atoms with Crippen LogP contribution >= 0.6 is 11.8 Å². The van der Waals surface area contributed by atoms with Crippen LogP contribution in [0.5, 0.6) is 0 Å². The van der Waals surface area contributed by atoms with Crippen molar-refractivity contribution in [2.75, 3.05) is 17.2 Å². The molecule has 102 valence electrons. The van der Waals surface area contributed by atoms with Gasteiger partial charge in [-0.1, -0.05) is 18.7 Å². The van der Waals surface area contributed by atoms with Gasteiger partial charge < -0.3 is 5.32 Å². The Labute approximate surface area is 116 Å². The van der Waals surface area contributed by atoms with E-state index in [1.807, 2.05) is 19.9 Å². The van der Waals surface area contributed by atoms with Crippen molar-refractivity contribution < 1.29 is 9.59 Å². The molecule has 0 bridgehead atoms. The summed E-state index contributed by atoms with van der Waals surface area (Å²) in [5.74, 6) is 0.148. The molecule has 0 fully saturated rings. The molecule has 2 amide bonds. The highest BCUT2D eigenvalue weighted by molar-refractivity contribution is 8.00. The average Bonchev–Trinajstić information content (AvgIpc) is 2.42. The minimum atomic E-state index is -0.135. The molecular weight excluding hydrogens is 262 g/mol. The third-order valence-corrected chi connectivity index (χ3v) is 3.98. The summed E-state index contributed by atoms with van der Waals surface area (Å²) in [6.45, 7) is 4.01. The number of aromatic nitrogens is 1. The Balaban J connectivity index is 2.11. The highest BCUT2D eigenvalue weighted by Crippen LogP contribution is 2.32. The summed E-state index contributed by atoms with van der Waals surface area (Å²) in [5.41, 5.74) is 0.725. The fraction of sp³-hybridized carbons (Fsp3) is 0.462. The molecule has 2 rings (SSSR count). The van der Waals surface area contributed by atoms with Gasteiger partial charge in [0.25, 0.3) is 0 Å². The molecule has 6 heteroatoms. The summed E-state index contributed by atoms with van der Waals surface area (Å²) in [5, 5.41) is 3.67. The topological polar surface area (TPSA) is 62.3 Å². The number of rotatable bonds is 4. The predicted molar refractivity (Wildman–Crippen MR) is 75.2 cm³/mol. The van der Waals surface area contributed by atoms with E-state index in [9.17, 15) is 9.59 Å². The second-order valence-electron chi connectivity index (χ2n) is 4.47. The third-order valence-electron chi connectivity index (χ3n) is 3.00. The van der Waals surface area contributed by atoms with Gasteiger partial charge in [-0.15, -0.1) is 0 Å². The van der Waals surface area contributed by atoms with Gasteiger partial charge in [-0.2, -0.15) is 0 Å². The zero-order valence-corrected chi connectivity index (χ0v) is 11.9. The minimum absolute atomic E-state index is 0.0511. The zero-order chi connectivity index (χ0) is 13.8. The lowest BCUT2D eigenvalue weighted by molar-refractivity contribution is -0.123. The number of carbonyl (C=O) groups excluding carboxylic acids is 2. The molecule has 2 heterocycles. The zero-order valence-electron chi connectivity index (χ0n) is 11.0. The van der Waals surface area contributed by atoms with Gasteiger partial charge in [0, 0.05) is 12.2 Å². The van der Waals surface area contributed by atoms with Gasteiger partial charge in [0.1, 0.15) is 11.6 Å². The molecule has 0 aliphatic carbocycles. The lowest BCUT2D eigenvalue weighted by Crippen LogP contribution is -2.45. The summed E-state index contributed by atoms with van der Waals surface area (Å²) in [6, 6.07) is 3.72. The monoisotopic (exact) mass is 279 g/mol. The molecule has 1 aromatic rings. The molecule has 0 saturated heterocycles. The van der Waals surface area contributed by atoms with Gasteiger partial charge in [0.05, 0.1) is 11.4 Å². The van der Waals surface area contributed by atoms with Crippen molar-refractivity contribution in [3.8, 4) is 0 Å². The Morgan fingerprint density at radius 1 is 1.63 bits per heavy atom. The smallest absolute Gasteiger partial charge is 0.240 e. The number of nitrogens with zero attached hydrogens (tertiary/aromatic N) is 2. The number of thioether (sulfide) groups is 1. The van der Waals surface area contributed by atoms with E-state index in [4.69, 9.17) is 0 Å². The SMILES string of the molecule is CC[C@H](C)NC(=O)CN1C(=O)CSc2ncccc21. The van der Waals surface area contributed by atoms with Crippen molar-refractivity contribution >= 4 is 29.3 Å². The summed E-state index contributed by atoms with van der Waals surface area (Å²) in [7, 11) is 0. The lowest BCUT2D eigenvalue weighted by atomic mass is 10.2. The van der Waals surface area contributed by atoms with Gasteiger partial charge >= 0.3 is 0 Å². The summed E-state index contributed by atoms with van der Waals surface area (Å²) in [6.07, 6.45) is 2.56. The van der Waals surface area contributed by atoms with Gasteiger partial charge in [0.15, 0.2) is 0 Å². The molecule has 0 aromatic carbocycles. The Kier molecular flexibility index (Phi) is 4.42. The van der Waals surface area contributed by atoms with Gasteiger partial charge in [-0.3, -0.25) is 14.5 Å². The number of fused-ring (bicyclic) bond motifs is 1. The number of hydrogen-bond acceptors (Lipinski definition) is 4. The Hall–Kier alpha value is -1.56. The third kappa shape index (κ3) is 3.26. The second-order valence-corrected chi connectivity index (χ2v) is 5.44. The van der Waals surface area contributed by atoms with Crippen molar-refractivity contribution in [2.45, 2.75) is 31.3 Å². The van der Waals surface area contributed by atoms with Crippen LogP contribution in [0.4, 0.5) is 5.69 Å². The second kappa shape index (κ2) is 6.06. The van der Waals surface area contributed by atoms with E-state index in [1.54, 1.807) is 12.3 Å². The molecular formula is C13H17N3O2S. The molecule has 5 nitrogen and oxygen atoms in total. The van der Waals surface area contributed by atoms with Gasteiger partial charge in [0.2, 0.25) is 11.8 Å². The number of pyridine rings is 1. The maximum atomic E-state index is 11.9. The van der Waals surface area contributed by atoms with Crippen LogP contribution in [0, 0.1) is 0 Å². The van der Waals surface area contributed by atoms with E-state index in [1.165, 1.54) is 16.7 Å². The van der Waals surface area contributed by atoms with E-state index in [0.717, 1.165) is 17.1 Å². The maximum Gasteiger partial charge on any atom is 0.240 e. The standard InChI is InChI=1S/C13H17N3O2S/c1-3-9(2)15-11(17)7-16-10-5-4-6-14-13(10)19-8-12(16)18/h4-6,9H,3,7-8H2,1-2H3,(H,15,17)/t9-/m0/s1. The molecule has 0 unspecified atom stereocenters. The van der Waals surface area contributed by atoms with Crippen LogP contribution in [0.1, 0.15) is 20.3 Å². The first-order valence-electron chi connectivity index (χ1n) is 6.29. The molecule has 0 radical (unpaired) electrons. The van der Waals surface area contributed by atoms with Crippen LogP contribution in [0.3, 0.4) is 0 Å². The molecule has 1 atom stereocenters. The van der Waals surface area contributed by atoms with Crippen LogP contribution in [0.25, 0.3) is 0 Å². The molecule has 1 aliphatic heterocycles. The fourth-order valence-electron chi connectivity index (χ4n) is 1.78. The van der Waals surface area contributed by atoms with E-state index >= 15 is 0 Å². The van der Waals surface area contributed by atoms with Crippen molar-refractivity contribution in [3.63, 3.8) is 0 Å². The molecule has 0 spiro atoms. The number of carbonyl (C=O) groups is 2. The minimum Gasteiger partial charge on any atom is -0.352 e. The van der Waals surface area contributed by atoms with Crippen LogP contribution in [0.2, 0.25) is 0 Å². The summed E-state index contributed by atoms with van der Waals surface area (Å²) in [4.78, 5) is 29.6. The van der Waals surface area contributed by atoms with Crippen molar-refractivity contribution in [2.24, 2.45) is 0 Å². The Morgan fingerprint density at radius 3 is 3.16 bits per heavy atom. The molecule has 1 aliphatic rings. The van der Waals surface area contributed by atoms with E-state index < -0.39 is 0 Å². The Bertz CT molecular complexity index is 493.